The summed E-state index contributed by atoms with van der Waals surface area (Å²) in [6, 6.07) is 10.7. The zero-order valence-corrected chi connectivity index (χ0v) is 18.3. The number of hydrogen-bond donors (Lipinski definition) is 0. The van der Waals surface area contributed by atoms with Gasteiger partial charge in [-0.2, -0.15) is 0 Å². The van der Waals surface area contributed by atoms with Gasteiger partial charge in [0.15, 0.2) is 0 Å². The Morgan fingerprint density at radius 1 is 1.15 bits per heavy atom. The number of aryl methyl sites for hydroxylation is 1. The van der Waals surface area contributed by atoms with Crippen molar-refractivity contribution in [3.8, 4) is 5.75 Å². The number of hydrogen-bond acceptors (Lipinski definition) is 4. The molecule has 7 heteroatoms. The Morgan fingerprint density at radius 2 is 1.89 bits per heavy atom. The van der Waals surface area contributed by atoms with Gasteiger partial charge < -0.3 is 9.64 Å². The molecule has 0 radical (unpaired) electrons. The van der Waals surface area contributed by atoms with E-state index in [1.165, 1.54) is 3.97 Å². The van der Waals surface area contributed by atoms with Gasteiger partial charge in [-0.25, -0.2) is 12.4 Å². The van der Waals surface area contributed by atoms with E-state index in [0.717, 1.165) is 29.5 Å². The SMILES string of the molecule is COc1ccc(S(=O)(=O)n2cc(CCN(C)C)c3cc(C)ccc32)c(Br)c1. The third-order valence-corrected chi connectivity index (χ3v) is 7.16. The molecule has 0 saturated carbocycles. The number of nitrogens with zero attached hydrogens (tertiary/aromatic N) is 2. The Balaban J connectivity index is 2.18. The molecule has 0 spiro atoms. The number of likely N-dealkylation sites (N-methyl/N-ethyl adjacent to an activating group) is 1. The molecule has 0 aliphatic heterocycles. The highest BCUT2D eigenvalue weighted by atomic mass is 79.9. The molecule has 2 aromatic carbocycles. The molecule has 3 aromatic rings. The third-order valence-electron chi connectivity index (χ3n) is 4.51. The summed E-state index contributed by atoms with van der Waals surface area (Å²) >= 11 is 3.37. The molecule has 0 unspecified atom stereocenters. The third kappa shape index (κ3) is 3.90. The van der Waals surface area contributed by atoms with Crippen LogP contribution in [-0.2, 0) is 16.4 Å². The summed E-state index contributed by atoms with van der Waals surface area (Å²) in [5, 5.41) is 0.977. The second-order valence-electron chi connectivity index (χ2n) is 6.83. The normalized spacial score (nSPS) is 12.1. The number of fused-ring (bicyclic) bond motifs is 1. The summed E-state index contributed by atoms with van der Waals surface area (Å²) in [5.74, 6) is 0.598. The maximum absolute atomic E-state index is 13.4. The Morgan fingerprint density at radius 3 is 2.52 bits per heavy atom. The van der Waals surface area contributed by atoms with Crippen molar-refractivity contribution in [1.82, 2.24) is 8.87 Å². The fraction of sp³-hybridized carbons (Fsp3) is 0.300. The van der Waals surface area contributed by atoms with Gasteiger partial charge in [0.25, 0.3) is 10.0 Å². The predicted octanol–water partition coefficient (Wildman–Crippen LogP) is 4.06. The summed E-state index contributed by atoms with van der Waals surface area (Å²) in [7, 11) is 1.82. The van der Waals surface area contributed by atoms with Gasteiger partial charge in [0.2, 0.25) is 0 Å². The van der Waals surface area contributed by atoms with Crippen LogP contribution in [0, 0.1) is 6.92 Å². The highest BCUT2D eigenvalue weighted by Crippen LogP contribution is 2.32. The zero-order valence-electron chi connectivity index (χ0n) is 15.9. The van der Waals surface area contributed by atoms with Gasteiger partial charge in [0, 0.05) is 22.6 Å². The predicted molar refractivity (Wildman–Crippen MR) is 112 cm³/mol. The second kappa shape index (κ2) is 7.66. The lowest BCUT2D eigenvalue weighted by molar-refractivity contribution is 0.414. The first-order chi connectivity index (χ1) is 12.7. The molecule has 0 N–H and O–H groups in total. The van der Waals surface area contributed by atoms with E-state index in [4.69, 9.17) is 4.74 Å². The maximum Gasteiger partial charge on any atom is 0.269 e. The Kier molecular flexibility index (Phi) is 5.65. The molecule has 0 saturated heterocycles. The van der Waals surface area contributed by atoms with E-state index >= 15 is 0 Å². The van der Waals surface area contributed by atoms with Crippen molar-refractivity contribution in [1.29, 1.82) is 0 Å². The molecular formula is C20H23BrN2O3S. The van der Waals surface area contributed by atoms with Crippen LogP contribution in [0.15, 0.2) is 52.0 Å². The van der Waals surface area contributed by atoms with Gasteiger partial charge in [-0.1, -0.05) is 11.6 Å². The van der Waals surface area contributed by atoms with Crippen LogP contribution in [0.1, 0.15) is 11.1 Å². The lowest BCUT2D eigenvalue weighted by Crippen LogP contribution is -2.15. The van der Waals surface area contributed by atoms with E-state index in [0.29, 0.717) is 15.7 Å². The summed E-state index contributed by atoms with van der Waals surface area (Å²) in [6.07, 6.45) is 2.53. The lowest BCUT2D eigenvalue weighted by Gasteiger charge is -2.10. The van der Waals surface area contributed by atoms with E-state index < -0.39 is 10.0 Å². The standard InChI is InChI=1S/C20H23BrN2O3S/c1-14-5-7-19-17(11-14)15(9-10-22(2)3)13-23(19)27(24,25)20-8-6-16(26-4)12-18(20)21/h5-8,11-13H,9-10H2,1-4H3. The van der Waals surface area contributed by atoms with Crippen LogP contribution in [0.25, 0.3) is 10.9 Å². The number of rotatable bonds is 6. The van der Waals surface area contributed by atoms with Gasteiger partial charge in [0.1, 0.15) is 10.6 Å². The minimum absolute atomic E-state index is 0.208. The van der Waals surface area contributed by atoms with E-state index in [-0.39, 0.29) is 4.90 Å². The summed E-state index contributed by atoms with van der Waals surface area (Å²) < 4.78 is 33.8. The first kappa shape index (κ1) is 19.9. The first-order valence-corrected chi connectivity index (χ1v) is 10.8. The Bertz CT molecular complexity index is 1090. The topological polar surface area (TPSA) is 51.5 Å². The van der Waals surface area contributed by atoms with E-state index in [1.807, 2.05) is 33.2 Å². The quantitative estimate of drug-likeness (QED) is 0.567. The van der Waals surface area contributed by atoms with Crippen molar-refractivity contribution < 1.29 is 13.2 Å². The highest BCUT2D eigenvalue weighted by Gasteiger charge is 2.24. The monoisotopic (exact) mass is 450 g/mol. The molecule has 27 heavy (non-hydrogen) atoms. The van der Waals surface area contributed by atoms with Crippen molar-refractivity contribution in [3.63, 3.8) is 0 Å². The zero-order chi connectivity index (χ0) is 19.8. The molecule has 0 atom stereocenters. The van der Waals surface area contributed by atoms with Gasteiger partial charge in [-0.3, -0.25) is 0 Å². The van der Waals surface area contributed by atoms with Gasteiger partial charge in [0.05, 0.1) is 12.6 Å². The summed E-state index contributed by atoms with van der Waals surface area (Å²) in [4.78, 5) is 2.30. The van der Waals surface area contributed by atoms with Crippen molar-refractivity contribution in [3.05, 3.63) is 58.2 Å². The average molecular weight is 451 g/mol. The largest absolute Gasteiger partial charge is 0.497 e. The average Bonchev–Trinajstić information content (AvgIpc) is 2.98. The molecule has 3 rings (SSSR count). The molecule has 0 bridgehead atoms. The molecule has 5 nitrogen and oxygen atoms in total. The van der Waals surface area contributed by atoms with Crippen LogP contribution < -0.4 is 4.74 Å². The Hall–Kier alpha value is -1.83. The number of halogens is 1. The summed E-state index contributed by atoms with van der Waals surface area (Å²) in [5.41, 5.74) is 2.82. The molecule has 0 aliphatic rings. The van der Waals surface area contributed by atoms with Gasteiger partial charge in [-0.05, 0) is 79.3 Å². The van der Waals surface area contributed by atoms with E-state index in [1.54, 1.807) is 31.5 Å². The molecule has 0 amide bonds. The fourth-order valence-electron chi connectivity index (χ4n) is 3.05. The number of aromatic nitrogens is 1. The molecular weight excluding hydrogens is 428 g/mol. The van der Waals surface area contributed by atoms with Gasteiger partial charge >= 0.3 is 0 Å². The van der Waals surface area contributed by atoms with Crippen LogP contribution >= 0.6 is 15.9 Å². The lowest BCUT2D eigenvalue weighted by atomic mass is 10.1. The van der Waals surface area contributed by atoms with Crippen LogP contribution in [0.4, 0.5) is 0 Å². The number of methoxy groups -OCH3 is 1. The number of ether oxygens (including phenoxy) is 1. The van der Waals surface area contributed by atoms with E-state index in [2.05, 4.69) is 26.9 Å². The van der Waals surface area contributed by atoms with Crippen molar-refractivity contribution >= 4 is 36.9 Å². The number of benzene rings is 2. The van der Waals surface area contributed by atoms with Crippen molar-refractivity contribution in [2.24, 2.45) is 0 Å². The molecule has 1 heterocycles. The van der Waals surface area contributed by atoms with Crippen LogP contribution in [0.5, 0.6) is 5.75 Å². The van der Waals surface area contributed by atoms with Crippen molar-refractivity contribution in [2.75, 3.05) is 27.7 Å². The van der Waals surface area contributed by atoms with Crippen molar-refractivity contribution in [2.45, 2.75) is 18.2 Å². The smallest absolute Gasteiger partial charge is 0.269 e. The fourth-order valence-corrected chi connectivity index (χ4v) is 5.46. The van der Waals surface area contributed by atoms with Crippen LogP contribution in [0.2, 0.25) is 0 Å². The summed E-state index contributed by atoms with van der Waals surface area (Å²) in [6.45, 7) is 2.86. The minimum Gasteiger partial charge on any atom is -0.497 e. The first-order valence-electron chi connectivity index (χ1n) is 8.58. The van der Waals surface area contributed by atoms with Crippen LogP contribution in [0.3, 0.4) is 0 Å². The van der Waals surface area contributed by atoms with E-state index in [9.17, 15) is 8.42 Å². The highest BCUT2D eigenvalue weighted by molar-refractivity contribution is 9.10. The maximum atomic E-state index is 13.4. The molecule has 0 aliphatic carbocycles. The minimum atomic E-state index is -3.75. The van der Waals surface area contributed by atoms with Crippen LogP contribution in [-0.4, -0.2) is 45.0 Å². The second-order valence-corrected chi connectivity index (χ2v) is 9.46. The molecule has 0 fully saturated rings. The molecule has 144 valence electrons. The van der Waals surface area contributed by atoms with Gasteiger partial charge in [-0.15, -0.1) is 0 Å². The Labute approximate surface area is 168 Å². The molecule has 1 aromatic heterocycles.